The van der Waals surface area contributed by atoms with Gasteiger partial charge in [-0.15, -0.1) is 0 Å². The Balaban J connectivity index is 1.39. The lowest BCUT2D eigenvalue weighted by molar-refractivity contribution is -0.300. The minimum Gasteiger partial charge on any atom is -0.482 e. The van der Waals surface area contributed by atoms with Crippen LogP contribution in [-0.4, -0.2) is 59.5 Å². The predicted octanol–water partition coefficient (Wildman–Crippen LogP) is 4.72. The van der Waals surface area contributed by atoms with Crippen LogP contribution in [0.25, 0.3) is 0 Å². The first-order valence-corrected chi connectivity index (χ1v) is 14.6. The molecule has 7 aliphatic rings. The van der Waals surface area contributed by atoms with Crippen LogP contribution in [0.15, 0.2) is 36.4 Å². The average molecular weight is 520 g/mol. The Morgan fingerprint density at radius 3 is 2.76 bits per heavy atom. The third kappa shape index (κ3) is 3.08. The maximum atomic E-state index is 12.7. The van der Waals surface area contributed by atoms with Crippen molar-refractivity contribution in [3.05, 3.63) is 47.6 Å². The van der Waals surface area contributed by atoms with E-state index in [0.29, 0.717) is 11.8 Å². The Morgan fingerprint density at radius 2 is 2.05 bits per heavy atom. The molecule has 1 saturated heterocycles. The molecule has 1 aromatic rings. The van der Waals surface area contributed by atoms with E-state index in [9.17, 15) is 9.90 Å². The molecule has 204 valence electrons. The van der Waals surface area contributed by atoms with Crippen LogP contribution in [-0.2, 0) is 21.4 Å². The number of nitrogens with zero attached hydrogens (tertiary/aromatic N) is 1. The molecule has 1 aromatic carbocycles. The molecule has 0 radical (unpaired) electrons. The Morgan fingerprint density at radius 1 is 1.24 bits per heavy atom. The van der Waals surface area contributed by atoms with E-state index in [1.54, 1.807) is 13.2 Å². The summed E-state index contributed by atoms with van der Waals surface area (Å²) in [6.07, 6.45) is 14.2. The number of piperidine rings is 1. The van der Waals surface area contributed by atoms with Gasteiger partial charge < -0.3 is 19.3 Å². The number of carbonyl (C=O) groups is 1. The second-order valence-electron chi connectivity index (χ2n) is 13.3. The number of aliphatic hydroxyl groups is 1. The Kier molecular flexibility index (Phi) is 5.35. The summed E-state index contributed by atoms with van der Waals surface area (Å²) in [4.78, 5) is 15.5. The fourth-order valence-corrected chi connectivity index (χ4v) is 9.69. The predicted molar refractivity (Wildman–Crippen MR) is 144 cm³/mol. The van der Waals surface area contributed by atoms with Crippen LogP contribution < -0.4 is 9.47 Å². The van der Waals surface area contributed by atoms with E-state index in [4.69, 9.17) is 14.2 Å². The highest BCUT2D eigenvalue weighted by molar-refractivity contribution is 5.85. The van der Waals surface area contributed by atoms with Gasteiger partial charge in [-0.25, -0.2) is 4.79 Å². The number of likely N-dealkylation sites (tertiary alicyclic amines) is 1. The van der Waals surface area contributed by atoms with Gasteiger partial charge in [0.2, 0.25) is 0 Å². The Bertz CT molecular complexity index is 1230. The Hall–Kier alpha value is -2.15. The quantitative estimate of drug-likeness (QED) is 0.243. The first kappa shape index (κ1) is 24.9. The molecule has 0 amide bonds. The molecule has 6 heteroatoms. The van der Waals surface area contributed by atoms with Gasteiger partial charge in [-0.1, -0.05) is 24.3 Å². The molecule has 6 nitrogen and oxygen atoms in total. The number of rotatable bonds is 7. The molecular formula is C32H41NO5. The summed E-state index contributed by atoms with van der Waals surface area (Å²) in [5.74, 6) is 1.62. The summed E-state index contributed by atoms with van der Waals surface area (Å²) in [5, 5.41) is 11.6. The monoisotopic (exact) mass is 519 g/mol. The first-order chi connectivity index (χ1) is 18.2. The number of hydrogen-bond donors (Lipinski definition) is 1. The lowest BCUT2D eigenvalue weighted by Gasteiger charge is -2.75. The van der Waals surface area contributed by atoms with Gasteiger partial charge in [0.15, 0.2) is 11.5 Å². The number of esters is 1. The zero-order valence-corrected chi connectivity index (χ0v) is 23.2. The summed E-state index contributed by atoms with van der Waals surface area (Å²) < 4.78 is 19.5. The number of carbonyl (C=O) groups excluding carboxylic acids is 1. The van der Waals surface area contributed by atoms with Gasteiger partial charge in [-0.05, 0) is 89.8 Å². The van der Waals surface area contributed by atoms with Crippen molar-refractivity contribution < 1.29 is 24.1 Å². The summed E-state index contributed by atoms with van der Waals surface area (Å²) in [7, 11) is 1.80. The minimum atomic E-state index is -0.897. The lowest BCUT2D eigenvalue weighted by Crippen LogP contribution is -2.82. The highest BCUT2D eigenvalue weighted by Crippen LogP contribution is 2.77. The first-order valence-electron chi connectivity index (χ1n) is 14.6. The number of allylic oxidation sites excluding steroid dienone is 3. The molecule has 6 atom stereocenters. The van der Waals surface area contributed by atoms with Gasteiger partial charge in [-0.3, -0.25) is 4.90 Å². The van der Waals surface area contributed by atoms with E-state index in [-0.39, 0.29) is 22.9 Å². The van der Waals surface area contributed by atoms with E-state index in [0.717, 1.165) is 50.3 Å². The van der Waals surface area contributed by atoms with Crippen molar-refractivity contribution in [1.82, 2.24) is 4.90 Å². The highest BCUT2D eigenvalue weighted by Gasteiger charge is 2.81. The molecule has 2 heterocycles. The van der Waals surface area contributed by atoms with Gasteiger partial charge in [-0.2, -0.15) is 0 Å². The topological polar surface area (TPSA) is 68.2 Å². The van der Waals surface area contributed by atoms with Crippen molar-refractivity contribution in [2.24, 2.45) is 17.3 Å². The SMILES string of the molecule is C/C=C/C=C/C(=O)Oc1ccc2c3c1O[C@H]1[C@]4(OC)CC[C@]5(C[C@@H]4C(C)(C)O)[C@@H](C2)N(CC2CC2)CC[C@]315. The molecular weight excluding hydrogens is 478 g/mol. The summed E-state index contributed by atoms with van der Waals surface area (Å²) >= 11 is 0. The van der Waals surface area contributed by atoms with Crippen LogP contribution in [0.4, 0.5) is 0 Å². The molecule has 0 aromatic heterocycles. The molecule has 2 aliphatic heterocycles. The van der Waals surface area contributed by atoms with Crippen molar-refractivity contribution in [1.29, 1.82) is 0 Å². The van der Waals surface area contributed by atoms with Gasteiger partial charge >= 0.3 is 5.97 Å². The van der Waals surface area contributed by atoms with Crippen LogP contribution >= 0.6 is 0 Å². The molecule has 8 rings (SSSR count). The van der Waals surface area contributed by atoms with E-state index >= 15 is 0 Å². The average Bonchev–Trinajstić information content (AvgIpc) is 3.63. The fraction of sp³-hybridized carbons (Fsp3) is 0.656. The van der Waals surface area contributed by atoms with E-state index in [1.807, 2.05) is 39.0 Å². The zero-order valence-electron chi connectivity index (χ0n) is 23.2. The number of fused-ring (bicyclic) bond motifs is 2. The Labute approximate surface area is 226 Å². The van der Waals surface area contributed by atoms with Gasteiger partial charge in [0.25, 0.3) is 0 Å². The molecule has 5 fully saturated rings. The highest BCUT2D eigenvalue weighted by atomic mass is 16.6. The van der Waals surface area contributed by atoms with Crippen LogP contribution in [0.5, 0.6) is 11.5 Å². The van der Waals surface area contributed by atoms with Crippen LogP contribution in [0.2, 0.25) is 0 Å². The smallest absolute Gasteiger partial charge is 0.336 e. The maximum Gasteiger partial charge on any atom is 0.336 e. The van der Waals surface area contributed by atoms with Gasteiger partial charge in [0, 0.05) is 48.1 Å². The largest absolute Gasteiger partial charge is 0.482 e. The summed E-state index contributed by atoms with van der Waals surface area (Å²) in [6, 6.07) is 4.54. The van der Waals surface area contributed by atoms with Gasteiger partial charge in [0.05, 0.1) is 5.60 Å². The third-order valence-electron chi connectivity index (χ3n) is 11.2. The molecule has 4 saturated carbocycles. The van der Waals surface area contributed by atoms with Crippen LogP contribution in [0, 0.1) is 17.3 Å². The molecule has 5 aliphatic carbocycles. The van der Waals surface area contributed by atoms with Crippen LogP contribution in [0.1, 0.15) is 70.4 Å². The lowest BCUT2D eigenvalue weighted by atomic mass is 9.34. The normalized spacial score (nSPS) is 39.0. The molecule has 4 bridgehead atoms. The third-order valence-corrected chi connectivity index (χ3v) is 11.2. The second-order valence-corrected chi connectivity index (χ2v) is 13.3. The van der Waals surface area contributed by atoms with Crippen molar-refractivity contribution in [2.75, 3.05) is 20.2 Å². The van der Waals surface area contributed by atoms with Crippen molar-refractivity contribution in [3.63, 3.8) is 0 Å². The number of ether oxygens (including phenoxy) is 3. The number of methoxy groups -OCH3 is 1. The molecule has 0 unspecified atom stereocenters. The summed E-state index contributed by atoms with van der Waals surface area (Å²) in [5.41, 5.74) is 0.919. The standard InChI is InChI=1S/C32H41NO5/c1-5-6-7-8-25(34)37-22-12-11-21-17-24-30-13-14-32(36-4,23(18-30)29(2,3)35)28-31(30,26(21)27(22)38-28)15-16-33(24)19-20-9-10-20/h5-8,11-12,20,23-24,28,35H,9-10,13-19H2,1-4H3/b6-5+,8-7+/t23-,24-,28-,30+,31+,32+/m1/s1. The van der Waals surface area contributed by atoms with E-state index in [2.05, 4.69) is 11.0 Å². The summed E-state index contributed by atoms with van der Waals surface area (Å²) in [6.45, 7) is 8.05. The molecule has 1 N–H and O–H groups in total. The maximum absolute atomic E-state index is 12.7. The van der Waals surface area contributed by atoms with Crippen molar-refractivity contribution >= 4 is 5.97 Å². The number of benzene rings is 1. The second kappa shape index (κ2) is 8.18. The van der Waals surface area contributed by atoms with Crippen LogP contribution in [0.3, 0.4) is 0 Å². The molecule has 38 heavy (non-hydrogen) atoms. The van der Waals surface area contributed by atoms with E-state index < -0.39 is 17.2 Å². The van der Waals surface area contributed by atoms with E-state index in [1.165, 1.54) is 36.6 Å². The van der Waals surface area contributed by atoms with Crippen molar-refractivity contribution in [3.8, 4) is 11.5 Å². The van der Waals surface area contributed by atoms with Crippen molar-refractivity contribution in [2.45, 2.75) is 94.5 Å². The minimum absolute atomic E-state index is 0.00244. The molecule has 2 spiro atoms. The van der Waals surface area contributed by atoms with Gasteiger partial charge in [0.1, 0.15) is 11.7 Å². The fourth-order valence-electron chi connectivity index (χ4n) is 9.69. The number of hydrogen-bond acceptors (Lipinski definition) is 6. The zero-order chi connectivity index (χ0) is 26.5.